The Hall–Kier alpha value is -2.09. The van der Waals surface area contributed by atoms with Crippen LogP contribution < -0.4 is 14.8 Å². The molecule has 1 fully saturated rings. The first-order valence-corrected chi connectivity index (χ1v) is 11.4. The normalized spacial score (nSPS) is 17.7. The number of carbonyl (C=O) groups is 1. The second-order valence-corrected chi connectivity index (χ2v) is 9.02. The fourth-order valence-electron chi connectivity index (χ4n) is 4.53. The van der Waals surface area contributed by atoms with Gasteiger partial charge < -0.3 is 19.1 Å². The van der Waals surface area contributed by atoms with Gasteiger partial charge in [-0.1, -0.05) is 28.1 Å². The summed E-state index contributed by atoms with van der Waals surface area (Å²) in [5.74, 6) is 1.55. The molecule has 166 valence electrons. The minimum atomic E-state index is -0.248. The van der Waals surface area contributed by atoms with Gasteiger partial charge in [-0.3, -0.25) is 10.1 Å². The first kappa shape index (κ1) is 22.1. The molecule has 2 heterocycles. The number of rotatable bonds is 6. The zero-order valence-corrected chi connectivity index (χ0v) is 19.7. The Morgan fingerprint density at radius 3 is 2.52 bits per heavy atom. The molecule has 1 saturated heterocycles. The lowest BCUT2D eigenvalue weighted by molar-refractivity contribution is -0.131. The van der Waals surface area contributed by atoms with Gasteiger partial charge in [0.1, 0.15) is 0 Å². The standard InChI is InChI=1S/C24H29BrN2O4/c1-29-21-12-17-6-9-27(16-18(17)13-22(21)30-2)23(28)15-26-24(7-10-31-11-8-24)19-4-3-5-20(25)14-19/h3-5,12-14,26H,6-11,15-16H2,1-2H3. The molecular formula is C24H29BrN2O4. The van der Waals surface area contributed by atoms with Crippen molar-refractivity contribution in [3.05, 3.63) is 57.6 Å². The number of benzene rings is 2. The van der Waals surface area contributed by atoms with Gasteiger partial charge in [0.25, 0.3) is 0 Å². The maximum atomic E-state index is 13.1. The van der Waals surface area contributed by atoms with Crippen molar-refractivity contribution in [2.24, 2.45) is 0 Å². The summed E-state index contributed by atoms with van der Waals surface area (Å²) in [6.07, 6.45) is 2.50. The maximum absolute atomic E-state index is 13.1. The summed E-state index contributed by atoms with van der Waals surface area (Å²) in [4.78, 5) is 15.1. The number of halogens is 1. The van der Waals surface area contributed by atoms with Crippen molar-refractivity contribution in [1.29, 1.82) is 0 Å². The predicted octanol–water partition coefficient (Wildman–Crippen LogP) is 3.65. The monoisotopic (exact) mass is 488 g/mol. The van der Waals surface area contributed by atoms with Gasteiger partial charge in [-0.2, -0.15) is 0 Å². The highest BCUT2D eigenvalue weighted by Crippen LogP contribution is 2.35. The van der Waals surface area contributed by atoms with Crippen molar-refractivity contribution in [3.8, 4) is 11.5 Å². The number of carbonyl (C=O) groups excluding carboxylic acids is 1. The van der Waals surface area contributed by atoms with E-state index in [1.165, 1.54) is 11.1 Å². The fourth-order valence-corrected chi connectivity index (χ4v) is 4.93. The molecule has 0 radical (unpaired) electrons. The quantitative estimate of drug-likeness (QED) is 0.672. The summed E-state index contributed by atoms with van der Waals surface area (Å²) in [7, 11) is 3.28. The molecule has 6 nitrogen and oxygen atoms in total. The highest BCUT2D eigenvalue weighted by molar-refractivity contribution is 9.10. The second kappa shape index (κ2) is 9.59. The summed E-state index contributed by atoms with van der Waals surface area (Å²) >= 11 is 3.58. The molecule has 7 heteroatoms. The van der Waals surface area contributed by atoms with Crippen LogP contribution in [0.2, 0.25) is 0 Å². The summed E-state index contributed by atoms with van der Waals surface area (Å²) in [6, 6.07) is 12.4. The highest BCUT2D eigenvalue weighted by atomic mass is 79.9. The smallest absolute Gasteiger partial charge is 0.236 e. The van der Waals surface area contributed by atoms with Crippen LogP contribution in [0.25, 0.3) is 0 Å². The average molecular weight is 489 g/mol. The van der Waals surface area contributed by atoms with E-state index in [1.54, 1.807) is 14.2 Å². The Morgan fingerprint density at radius 1 is 1.13 bits per heavy atom. The molecule has 2 aliphatic heterocycles. The van der Waals surface area contributed by atoms with E-state index in [0.717, 1.165) is 35.0 Å². The number of nitrogens with zero attached hydrogens (tertiary/aromatic N) is 1. The molecule has 0 saturated carbocycles. The summed E-state index contributed by atoms with van der Waals surface area (Å²) in [5, 5.41) is 3.60. The number of fused-ring (bicyclic) bond motifs is 1. The molecule has 31 heavy (non-hydrogen) atoms. The van der Waals surface area contributed by atoms with Gasteiger partial charge >= 0.3 is 0 Å². The fraction of sp³-hybridized carbons (Fsp3) is 0.458. The predicted molar refractivity (Wildman–Crippen MR) is 123 cm³/mol. The molecule has 2 aliphatic rings. The van der Waals surface area contributed by atoms with Crippen LogP contribution in [0, 0.1) is 0 Å². The lowest BCUT2D eigenvalue weighted by Crippen LogP contribution is -2.51. The van der Waals surface area contributed by atoms with E-state index in [9.17, 15) is 4.79 Å². The molecule has 0 spiro atoms. The summed E-state index contributed by atoms with van der Waals surface area (Å²) in [5.41, 5.74) is 3.27. The minimum Gasteiger partial charge on any atom is -0.493 e. The number of hydrogen-bond acceptors (Lipinski definition) is 5. The lowest BCUT2D eigenvalue weighted by atomic mass is 9.82. The van der Waals surface area contributed by atoms with Gasteiger partial charge in [0.2, 0.25) is 5.91 Å². The Kier molecular flexibility index (Phi) is 6.84. The van der Waals surface area contributed by atoms with Crippen molar-refractivity contribution < 1.29 is 19.0 Å². The van der Waals surface area contributed by atoms with Crippen LogP contribution in [0.4, 0.5) is 0 Å². The number of methoxy groups -OCH3 is 2. The molecule has 4 rings (SSSR count). The molecule has 2 aromatic carbocycles. The van der Waals surface area contributed by atoms with Gasteiger partial charge in [0.05, 0.1) is 20.8 Å². The van der Waals surface area contributed by atoms with E-state index in [4.69, 9.17) is 14.2 Å². The first-order valence-electron chi connectivity index (χ1n) is 10.6. The zero-order chi connectivity index (χ0) is 21.8. The third-order valence-electron chi connectivity index (χ3n) is 6.37. The molecule has 0 unspecified atom stereocenters. The van der Waals surface area contributed by atoms with Crippen molar-refractivity contribution in [2.45, 2.75) is 31.3 Å². The Labute approximate surface area is 192 Å². The molecule has 0 atom stereocenters. The lowest BCUT2D eigenvalue weighted by Gasteiger charge is -2.39. The molecule has 0 aromatic heterocycles. The second-order valence-electron chi connectivity index (χ2n) is 8.10. The van der Waals surface area contributed by atoms with E-state index in [-0.39, 0.29) is 11.4 Å². The van der Waals surface area contributed by atoms with E-state index in [2.05, 4.69) is 33.4 Å². The third kappa shape index (κ3) is 4.73. The van der Waals surface area contributed by atoms with Crippen LogP contribution in [-0.4, -0.2) is 51.3 Å². The average Bonchev–Trinajstić information content (AvgIpc) is 2.81. The SMILES string of the molecule is COc1cc2c(cc1OC)CN(C(=O)CNC1(c3cccc(Br)c3)CCOCC1)CC2. The van der Waals surface area contributed by atoms with Crippen LogP contribution in [0.15, 0.2) is 40.9 Å². The topological polar surface area (TPSA) is 60.0 Å². The number of nitrogens with one attached hydrogen (secondary N) is 1. The van der Waals surface area contributed by atoms with Crippen molar-refractivity contribution >= 4 is 21.8 Å². The first-order chi connectivity index (χ1) is 15.0. The van der Waals surface area contributed by atoms with Gasteiger partial charge in [0, 0.05) is 36.3 Å². The molecule has 0 aliphatic carbocycles. The number of amides is 1. The van der Waals surface area contributed by atoms with Crippen molar-refractivity contribution in [2.75, 3.05) is 40.5 Å². The van der Waals surface area contributed by atoms with Crippen molar-refractivity contribution in [3.63, 3.8) is 0 Å². The van der Waals surface area contributed by atoms with Crippen LogP contribution in [0.1, 0.15) is 29.5 Å². The largest absolute Gasteiger partial charge is 0.493 e. The van der Waals surface area contributed by atoms with Gasteiger partial charge in [-0.25, -0.2) is 0 Å². The van der Waals surface area contributed by atoms with E-state index in [0.29, 0.717) is 38.6 Å². The molecule has 1 amide bonds. The van der Waals surface area contributed by atoms with Crippen LogP contribution in [-0.2, 0) is 28.0 Å². The summed E-state index contributed by atoms with van der Waals surface area (Å²) < 4.78 is 17.5. The molecule has 0 bridgehead atoms. The number of ether oxygens (including phenoxy) is 3. The third-order valence-corrected chi connectivity index (χ3v) is 6.87. The highest BCUT2D eigenvalue weighted by Gasteiger charge is 2.35. The molecular weight excluding hydrogens is 460 g/mol. The van der Waals surface area contributed by atoms with Crippen LogP contribution in [0.3, 0.4) is 0 Å². The van der Waals surface area contributed by atoms with Gasteiger partial charge in [-0.05, 0) is 60.2 Å². The maximum Gasteiger partial charge on any atom is 0.236 e. The zero-order valence-electron chi connectivity index (χ0n) is 18.1. The minimum absolute atomic E-state index is 0.112. The number of hydrogen-bond donors (Lipinski definition) is 1. The van der Waals surface area contributed by atoms with E-state index >= 15 is 0 Å². The summed E-state index contributed by atoms with van der Waals surface area (Å²) in [6.45, 7) is 2.97. The van der Waals surface area contributed by atoms with Gasteiger partial charge in [-0.15, -0.1) is 0 Å². The Morgan fingerprint density at radius 2 is 1.84 bits per heavy atom. The van der Waals surface area contributed by atoms with Crippen LogP contribution >= 0.6 is 15.9 Å². The van der Waals surface area contributed by atoms with E-state index < -0.39 is 0 Å². The Balaban J connectivity index is 1.47. The molecule has 1 N–H and O–H groups in total. The van der Waals surface area contributed by atoms with E-state index in [1.807, 2.05) is 29.2 Å². The Bertz CT molecular complexity index is 943. The van der Waals surface area contributed by atoms with Gasteiger partial charge in [0.15, 0.2) is 11.5 Å². The van der Waals surface area contributed by atoms with Crippen molar-refractivity contribution in [1.82, 2.24) is 10.2 Å². The molecule has 2 aromatic rings. The van der Waals surface area contributed by atoms with Crippen LogP contribution in [0.5, 0.6) is 11.5 Å².